The van der Waals surface area contributed by atoms with Gasteiger partial charge in [0, 0.05) is 48.8 Å². The van der Waals surface area contributed by atoms with Crippen molar-refractivity contribution in [2.45, 2.75) is 25.8 Å². The van der Waals surface area contributed by atoms with Gasteiger partial charge in [0.05, 0.1) is 54.9 Å². The van der Waals surface area contributed by atoms with E-state index in [1.54, 1.807) is 25.1 Å². The van der Waals surface area contributed by atoms with Crippen LogP contribution in [0.4, 0.5) is 0 Å². The molecule has 1 amide bonds. The number of aryl methyl sites for hydroxylation is 1. The molecule has 2 aromatic heterocycles. The normalized spacial score (nSPS) is 14.4. The molecule has 0 saturated carbocycles. The zero-order chi connectivity index (χ0) is 25.6. The lowest BCUT2D eigenvalue weighted by Gasteiger charge is -2.33. The topological polar surface area (TPSA) is 107 Å². The van der Waals surface area contributed by atoms with E-state index in [0.29, 0.717) is 42.1 Å². The number of hydrogen-bond donors (Lipinski definition) is 1. The minimum atomic E-state index is -0.283. The number of benzene rings is 2. The lowest BCUT2D eigenvalue weighted by atomic mass is 9.77. The smallest absolute Gasteiger partial charge is 0.255 e. The van der Waals surface area contributed by atoms with Crippen LogP contribution in [0.3, 0.4) is 0 Å². The van der Waals surface area contributed by atoms with Crippen LogP contribution in [0, 0.1) is 11.3 Å². The molecule has 1 aliphatic rings. The third kappa shape index (κ3) is 3.80. The zero-order valence-electron chi connectivity index (χ0n) is 21.0. The summed E-state index contributed by atoms with van der Waals surface area (Å²) in [4.78, 5) is 12.7. The van der Waals surface area contributed by atoms with Crippen molar-refractivity contribution < 1.29 is 14.3 Å². The molecular weight excluding hydrogens is 456 g/mol. The van der Waals surface area contributed by atoms with Gasteiger partial charge in [0.2, 0.25) is 0 Å². The molecule has 0 bridgehead atoms. The molecule has 9 nitrogen and oxygen atoms in total. The molecule has 0 radical (unpaired) electrons. The summed E-state index contributed by atoms with van der Waals surface area (Å²) in [5.74, 6) is 0.358. The number of nitriles is 1. The van der Waals surface area contributed by atoms with Crippen molar-refractivity contribution in [1.29, 1.82) is 5.26 Å². The number of fused-ring (bicyclic) bond motifs is 2. The quantitative estimate of drug-likeness (QED) is 0.448. The maximum atomic E-state index is 12.7. The molecule has 0 saturated heterocycles. The summed E-state index contributed by atoms with van der Waals surface area (Å²) in [7, 11) is 5.09. The number of hydrogen-bond acceptors (Lipinski definition) is 6. The Hall–Kier alpha value is -4.16. The van der Waals surface area contributed by atoms with E-state index in [-0.39, 0.29) is 11.3 Å². The summed E-state index contributed by atoms with van der Waals surface area (Å²) in [6.45, 7) is 5.93. The number of aromatic nitrogens is 4. The fourth-order valence-electron chi connectivity index (χ4n) is 4.90. The van der Waals surface area contributed by atoms with Crippen LogP contribution in [0.25, 0.3) is 33.3 Å². The van der Waals surface area contributed by atoms with Crippen LogP contribution < -0.4 is 10.1 Å². The van der Waals surface area contributed by atoms with E-state index in [1.807, 2.05) is 42.2 Å². The van der Waals surface area contributed by atoms with Crippen LogP contribution >= 0.6 is 0 Å². The average Bonchev–Trinajstić information content (AvgIpc) is 3.47. The van der Waals surface area contributed by atoms with Gasteiger partial charge < -0.3 is 14.8 Å². The molecule has 0 aliphatic carbocycles. The second-order valence-corrected chi connectivity index (χ2v) is 9.65. The summed E-state index contributed by atoms with van der Waals surface area (Å²) in [6.07, 6.45) is 3.72. The van der Waals surface area contributed by atoms with Gasteiger partial charge in [0.15, 0.2) is 0 Å². The van der Waals surface area contributed by atoms with E-state index in [1.165, 1.54) is 0 Å². The monoisotopic (exact) mass is 484 g/mol. The lowest BCUT2D eigenvalue weighted by molar-refractivity contribution is 0.0926. The maximum Gasteiger partial charge on any atom is 0.255 e. The highest BCUT2D eigenvalue weighted by Crippen LogP contribution is 2.41. The Labute approximate surface area is 209 Å². The van der Waals surface area contributed by atoms with Gasteiger partial charge in [0.1, 0.15) is 5.75 Å². The summed E-state index contributed by atoms with van der Waals surface area (Å²) in [6, 6.07) is 10.1. The van der Waals surface area contributed by atoms with Crippen LogP contribution in [0.1, 0.15) is 35.3 Å². The Kier molecular flexibility index (Phi) is 5.77. The number of rotatable bonds is 6. The van der Waals surface area contributed by atoms with Crippen LogP contribution in [-0.2, 0) is 23.7 Å². The third-order valence-electron chi connectivity index (χ3n) is 6.79. The van der Waals surface area contributed by atoms with Crippen molar-refractivity contribution in [3.05, 3.63) is 53.3 Å². The fourth-order valence-corrected chi connectivity index (χ4v) is 4.90. The molecule has 0 atom stereocenters. The van der Waals surface area contributed by atoms with Crippen molar-refractivity contribution in [1.82, 2.24) is 24.9 Å². The number of carbonyl (C=O) groups is 1. The highest BCUT2D eigenvalue weighted by atomic mass is 16.5. The Morgan fingerprint density at radius 3 is 2.69 bits per heavy atom. The third-order valence-corrected chi connectivity index (χ3v) is 6.79. The average molecular weight is 485 g/mol. The zero-order valence-corrected chi connectivity index (χ0v) is 21.0. The molecule has 2 aromatic carbocycles. The van der Waals surface area contributed by atoms with E-state index < -0.39 is 0 Å². The van der Waals surface area contributed by atoms with Gasteiger partial charge in [-0.2, -0.15) is 15.5 Å². The second kappa shape index (κ2) is 8.81. The number of amides is 1. The first-order valence-corrected chi connectivity index (χ1v) is 11.7. The van der Waals surface area contributed by atoms with E-state index in [2.05, 4.69) is 30.3 Å². The molecule has 1 N–H and O–H groups in total. The summed E-state index contributed by atoms with van der Waals surface area (Å²) in [5, 5.41) is 23.0. The number of carbonyl (C=O) groups excluding carboxylic acids is 1. The Bertz CT molecular complexity index is 1540. The minimum Gasteiger partial charge on any atom is -0.496 e. The predicted octanol–water partition coefficient (Wildman–Crippen LogP) is 3.65. The molecule has 0 unspecified atom stereocenters. The molecule has 36 heavy (non-hydrogen) atoms. The molecule has 3 heterocycles. The molecular formula is C27H28N6O3. The van der Waals surface area contributed by atoms with E-state index in [4.69, 9.17) is 14.6 Å². The standard InChI is InChI=1S/C27H28N6O3/c1-27(2)15-29-26(34)24-20(27)9-17(11-22(24)36-5)25-23-18(12-28)8-16(10-21(23)31-32(25)3)19-13-30-33(14-19)6-7-35-4/h8-11,13-14H,6-7,15H2,1-5H3,(H,29,34). The van der Waals surface area contributed by atoms with Gasteiger partial charge in [-0.1, -0.05) is 13.8 Å². The van der Waals surface area contributed by atoms with Crippen LogP contribution in [0.15, 0.2) is 36.7 Å². The molecule has 9 heteroatoms. The van der Waals surface area contributed by atoms with Gasteiger partial charge in [-0.3, -0.25) is 14.2 Å². The van der Waals surface area contributed by atoms with Gasteiger partial charge >= 0.3 is 0 Å². The van der Waals surface area contributed by atoms with Crippen molar-refractivity contribution >= 4 is 16.8 Å². The number of nitrogens with one attached hydrogen (secondary N) is 1. The Morgan fingerprint density at radius 1 is 1.17 bits per heavy atom. The first-order chi connectivity index (χ1) is 17.3. The molecule has 1 aliphatic heterocycles. The summed E-state index contributed by atoms with van der Waals surface area (Å²) < 4.78 is 14.4. The summed E-state index contributed by atoms with van der Waals surface area (Å²) in [5.41, 5.74) is 5.82. The van der Waals surface area contributed by atoms with Crippen molar-refractivity contribution in [2.24, 2.45) is 7.05 Å². The highest BCUT2D eigenvalue weighted by molar-refractivity contribution is 6.03. The van der Waals surface area contributed by atoms with Crippen LogP contribution in [0.2, 0.25) is 0 Å². The first kappa shape index (κ1) is 23.6. The molecule has 5 rings (SSSR count). The molecule has 184 valence electrons. The number of methoxy groups -OCH3 is 2. The molecule has 0 fully saturated rings. The fraction of sp³-hybridized carbons (Fsp3) is 0.333. The van der Waals surface area contributed by atoms with E-state index >= 15 is 0 Å². The maximum absolute atomic E-state index is 12.7. The number of ether oxygens (including phenoxy) is 2. The summed E-state index contributed by atoms with van der Waals surface area (Å²) >= 11 is 0. The van der Waals surface area contributed by atoms with Crippen molar-refractivity contribution in [3.8, 4) is 34.2 Å². The Balaban J connectivity index is 1.69. The first-order valence-electron chi connectivity index (χ1n) is 11.7. The van der Waals surface area contributed by atoms with Gasteiger partial charge in [0.25, 0.3) is 5.91 Å². The van der Waals surface area contributed by atoms with Crippen LogP contribution in [-0.4, -0.2) is 52.8 Å². The molecule has 0 spiro atoms. The lowest BCUT2D eigenvalue weighted by Crippen LogP contribution is -2.43. The second-order valence-electron chi connectivity index (χ2n) is 9.65. The van der Waals surface area contributed by atoms with E-state index in [9.17, 15) is 10.1 Å². The van der Waals surface area contributed by atoms with Crippen LogP contribution in [0.5, 0.6) is 5.75 Å². The van der Waals surface area contributed by atoms with Crippen molar-refractivity contribution in [3.63, 3.8) is 0 Å². The van der Waals surface area contributed by atoms with Gasteiger partial charge in [-0.05, 0) is 35.4 Å². The van der Waals surface area contributed by atoms with Gasteiger partial charge in [-0.25, -0.2) is 0 Å². The molecule has 4 aromatic rings. The predicted molar refractivity (Wildman–Crippen MR) is 136 cm³/mol. The van der Waals surface area contributed by atoms with E-state index in [0.717, 1.165) is 33.3 Å². The minimum absolute atomic E-state index is 0.143. The largest absolute Gasteiger partial charge is 0.496 e. The Morgan fingerprint density at radius 2 is 1.97 bits per heavy atom. The van der Waals surface area contributed by atoms with Gasteiger partial charge in [-0.15, -0.1) is 0 Å². The SMILES string of the molecule is COCCn1cc(-c2cc(C#N)c3c(-c4cc(OC)c5c(c4)C(C)(C)CNC5=O)n(C)nc3c2)cn1. The van der Waals surface area contributed by atoms with Crippen molar-refractivity contribution in [2.75, 3.05) is 27.4 Å². The number of nitrogens with zero attached hydrogens (tertiary/aromatic N) is 5. The highest BCUT2D eigenvalue weighted by Gasteiger charge is 2.35.